The minimum atomic E-state index is -0.693. The van der Waals surface area contributed by atoms with Gasteiger partial charge in [-0.05, 0) is 6.42 Å². The predicted octanol–water partition coefficient (Wildman–Crippen LogP) is 1.04. The number of urea groups is 1. The Labute approximate surface area is 99.4 Å². The van der Waals surface area contributed by atoms with Gasteiger partial charge in [0.05, 0.1) is 12.1 Å². The van der Waals surface area contributed by atoms with Crippen LogP contribution >= 0.6 is 11.8 Å². The van der Waals surface area contributed by atoms with E-state index in [1.807, 2.05) is 18.7 Å². The van der Waals surface area contributed by atoms with Gasteiger partial charge in [0.1, 0.15) is 0 Å². The Morgan fingerprint density at radius 1 is 1.44 bits per heavy atom. The smallest absolute Gasteiger partial charge is 0.315 e. The molecule has 2 aliphatic heterocycles. The van der Waals surface area contributed by atoms with Crippen molar-refractivity contribution in [3.63, 3.8) is 0 Å². The molecule has 0 aliphatic carbocycles. The molecule has 0 aromatic carbocycles. The molecule has 2 aliphatic rings. The van der Waals surface area contributed by atoms with Gasteiger partial charge >= 0.3 is 12.0 Å². The zero-order valence-electron chi connectivity index (χ0n) is 9.36. The van der Waals surface area contributed by atoms with Gasteiger partial charge in [0, 0.05) is 17.9 Å². The lowest BCUT2D eigenvalue weighted by Crippen LogP contribution is -2.31. The van der Waals surface area contributed by atoms with Crippen molar-refractivity contribution in [2.45, 2.75) is 38.3 Å². The van der Waals surface area contributed by atoms with Crippen LogP contribution in [0.2, 0.25) is 0 Å². The molecule has 0 bridgehead atoms. The SMILES string of the molecule is CCCCC(=O)O.O=C1NC2CSC[C@@H]2N1. The van der Waals surface area contributed by atoms with Gasteiger partial charge in [-0.15, -0.1) is 0 Å². The van der Waals surface area contributed by atoms with Crippen LogP contribution in [0.5, 0.6) is 0 Å². The Balaban J connectivity index is 0.000000168. The Morgan fingerprint density at radius 2 is 2.00 bits per heavy atom. The average Bonchev–Trinajstić information content (AvgIpc) is 2.75. The van der Waals surface area contributed by atoms with E-state index < -0.39 is 5.97 Å². The Hall–Kier alpha value is -0.910. The molecule has 5 nitrogen and oxygen atoms in total. The van der Waals surface area contributed by atoms with E-state index in [0.29, 0.717) is 18.5 Å². The molecule has 2 saturated heterocycles. The standard InChI is InChI=1S/C5H8N2OS.C5H10O2/c8-5-6-3-1-9-2-4(3)7-5;1-2-3-4-5(6)7/h3-4H,1-2H2,(H2,6,7,8);2-4H2,1H3,(H,6,7)/t3-,4?;/m0./s1. The predicted molar refractivity (Wildman–Crippen MR) is 63.7 cm³/mol. The number of carbonyl (C=O) groups excluding carboxylic acids is 1. The highest BCUT2D eigenvalue weighted by molar-refractivity contribution is 7.99. The van der Waals surface area contributed by atoms with Crippen LogP contribution in [0.25, 0.3) is 0 Å². The molecule has 2 heterocycles. The van der Waals surface area contributed by atoms with Crippen molar-refractivity contribution in [3.05, 3.63) is 0 Å². The first kappa shape index (κ1) is 13.2. The van der Waals surface area contributed by atoms with Crippen LogP contribution in [0.4, 0.5) is 4.79 Å². The number of unbranched alkanes of at least 4 members (excludes halogenated alkanes) is 1. The highest BCUT2D eigenvalue weighted by Crippen LogP contribution is 2.20. The monoisotopic (exact) mass is 246 g/mol. The summed E-state index contributed by atoms with van der Waals surface area (Å²) in [5.74, 6) is 1.45. The molecule has 16 heavy (non-hydrogen) atoms. The van der Waals surface area contributed by atoms with Crippen LogP contribution in [0.1, 0.15) is 26.2 Å². The summed E-state index contributed by atoms with van der Waals surface area (Å²) in [4.78, 5) is 20.4. The molecular formula is C10H18N2O3S. The molecule has 0 aromatic heterocycles. The maximum atomic E-state index is 10.6. The quantitative estimate of drug-likeness (QED) is 0.650. The fourth-order valence-electron chi connectivity index (χ4n) is 1.55. The van der Waals surface area contributed by atoms with Crippen molar-refractivity contribution < 1.29 is 14.7 Å². The molecule has 6 heteroatoms. The summed E-state index contributed by atoms with van der Waals surface area (Å²) >= 11 is 1.89. The first-order valence-electron chi connectivity index (χ1n) is 5.50. The summed E-state index contributed by atoms with van der Waals surface area (Å²) in [6.07, 6.45) is 2.08. The number of carboxylic acids is 1. The van der Waals surface area contributed by atoms with E-state index in [4.69, 9.17) is 5.11 Å². The van der Waals surface area contributed by atoms with E-state index in [1.54, 1.807) is 0 Å². The number of hydrogen-bond acceptors (Lipinski definition) is 3. The molecule has 92 valence electrons. The van der Waals surface area contributed by atoms with Crippen LogP contribution in [-0.2, 0) is 4.79 Å². The molecule has 2 fully saturated rings. The number of fused-ring (bicyclic) bond motifs is 1. The van der Waals surface area contributed by atoms with Crippen molar-refractivity contribution in [2.24, 2.45) is 0 Å². The van der Waals surface area contributed by atoms with Crippen LogP contribution in [-0.4, -0.2) is 40.7 Å². The molecule has 2 rings (SSSR count). The minimum absolute atomic E-state index is 0.00491. The molecule has 0 radical (unpaired) electrons. The number of hydrogen-bond donors (Lipinski definition) is 3. The average molecular weight is 246 g/mol. The first-order valence-corrected chi connectivity index (χ1v) is 6.65. The number of thioether (sulfide) groups is 1. The molecular weight excluding hydrogens is 228 g/mol. The van der Waals surface area contributed by atoms with E-state index in [1.165, 1.54) is 0 Å². The molecule has 2 atom stereocenters. The Kier molecular flexibility index (Phi) is 5.45. The summed E-state index contributed by atoms with van der Waals surface area (Å²) in [7, 11) is 0. The van der Waals surface area contributed by atoms with E-state index in [0.717, 1.165) is 24.3 Å². The molecule has 0 spiro atoms. The van der Waals surface area contributed by atoms with Gasteiger partial charge in [0.15, 0.2) is 0 Å². The summed E-state index contributed by atoms with van der Waals surface area (Å²) in [5.41, 5.74) is 0. The Morgan fingerprint density at radius 3 is 2.38 bits per heavy atom. The van der Waals surface area contributed by atoms with E-state index in [9.17, 15) is 9.59 Å². The number of rotatable bonds is 3. The number of aliphatic carboxylic acids is 1. The van der Waals surface area contributed by atoms with Crippen LogP contribution in [0.15, 0.2) is 0 Å². The van der Waals surface area contributed by atoms with Gasteiger partial charge in [0.2, 0.25) is 0 Å². The lowest BCUT2D eigenvalue weighted by Gasteiger charge is -2.02. The van der Waals surface area contributed by atoms with Crippen molar-refractivity contribution >= 4 is 23.8 Å². The normalized spacial score (nSPS) is 26.2. The molecule has 1 unspecified atom stereocenters. The van der Waals surface area contributed by atoms with Crippen LogP contribution in [0.3, 0.4) is 0 Å². The van der Waals surface area contributed by atoms with Crippen LogP contribution in [0, 0.1) is 0 Å². The maximum absolute atomic E-state index is 10.6. The summed E-state index contributed by atoms with van der Waals surface area (Å²) < 4.78 is 0. The number of nitrogens with one attached hydrogen (secondary N) is 2. The zero-order chi connectivity index (χ0) is 12.0. The van der Waals surface area contributed by atoms with Crippen molar-refractivity contribution in [3.8, 4) is 0 Å². The summed E-state index contributed by atoms with van der Waals surface area (Å²) in [6.45, 7) is 1.98. The van der Waals surface area contributed by atoms with E-state index in [2.05, 4.69) is 10.6 Å². The number of carbonyl (C=O) groups is 2. The molecule has 0 saturated carbocycles. The van der Waals surface area contributed by atoms with E-state index in [-0.39, 0.29) is 6.03 Å². The molecule has 3 N–H and O–H groups in total. The zero-order valence-corrected chi connectivity index (χ0v) is 10.2. The number of carboxylic acid groups (broad SMARTS) is 1. The third kappa shape index (κ3) is 4.30. The van der Waals surface area contributed by atoms with Gasteiger partial charge in [-0.1, -0.05) is 13.3 Å². The van der Waals surface area contributed by atoms with Gasteiger partial charge in [-0.2, -0.15) is 11.8 Å². The molecule has 2 amide bonds. The third-order valence-electron chi connectivity index (χ3n) is 2.46. The molecule has 0 aromatic rings. The summed E-state index contributed by atoms with van der Waals surface area (Å²) in [6, 6.07) is 0.815. The fraction of sp³-hybridized carbons (Fsp3) is 0.800. The first-order chi connectivity index (χ1) is 7.63. The van der Waals surface area contributed by atoms with Gasteiger partial charge in [-0.25, -0.2) is 4.79 Å². The highest BCUT2D eigenvalue weighted by Gasteiger charge is 2.35. The highest BCUT2D eigenvalue weighted by atomic mass is 32.2. The second-order valence-electron chi connectivity index (χ2n) is 3.87. The van der Waals surface area contributed by atoms with Gasteiger partial charge in [0.25, 0.3) is 0 Å². The van der Waals surface area contributed by atoms with Crippen molar-refractivity contribution in [1.29, 1.82) is 0 Å². The van der Waals surface area contributed by atoms with Crippen LogP contribution < -0.4 is 10.6 Å². The topological polar surface area (TPSA) is 78.4 Å². The van der Waals surface area contributed by atoms with Crippen molar-refractivity contribution in [2.75, 3.05) is 11.5 Å². The van der Waals surface area contributed by atoms with Gasteiger partial charge in [-0.3, -0.25) is 4.79 Å². The lowest BCUT2D eigenvalue weighted by molar-refractivity contribution is -0.137. The Bertz CT molecular complexity index is 246. The van der Waals surface area contributed by atoms with Gasteiger partial charge < -0.3 is 15.7 Å². The minimum Gasteiger partial charge on any atom is -0.481 e. The van der Waals surface area contributed by atoms with E-state index >= 15 is 0 Å². The number of amides is 2. The third-order valence-corrected chi connectivity index (χ3v) is 3.65. The second kappa shape index (κ2) is 6.62. The largest absolute Gasteiger partial charge is 0.481 e. The summed E-state index contributed by atoms with van der Waals surface area (Å²) in [5, 5.41) is 13.7. The maximum Gasteiger partial charge on any atom is 0.315 e. The van der Waals surface area contributed by atoms with Crippen molar-refractivity contribution in [1.82, 2.24) is 10.6 Å². The second-order valence-corrected chi connectivity index (χ2v) is 4.94. The fourth-order valence-corrected chi connectivity index (χ4v) is 2.82. The lowest BCUT2D eigenvalue weighted by atomic mass is 10.2.